The fourth-order valence-electron chi connectivity index (χ4n) is 5.32. The summed E-state index contributed by atoms with van der Waals surface area (Å²) in [5, 5.41) is 1.29. The molecule has 2 saturated heterocycles. The van der Waals surface area contributed by atoms with Gasteiger partial charge in [0.1, 0.15) is 22.8 Å². The molecule has 29 heavy (non-hydrogen) atoms. The molecular formula is C22H27N5OS. The second kappa shape index (κ2) is 7.06. The van der Waals surface area contributed by atoms with Crippen molar-refractivity contribution < 1.29 is 4.74 Å². The molecule has 0 bridgehead atoms. The molecular weight excluding hydrogens is 382 g/mol. The van der Waals surface area contributed by atoms with Crippen molar-refractivity contribution in [3.05, 3.63) is 17.5 Å². The third kappa shape index (κ3) is 2.81. The molecule has 5 heterocycles. The molecule has 0 amide bonds. The largest absolute Gasteiger partial charge is 0.378 e. The van der Waals surface area contributed by atoms with Crippen molar-refractivity contribution in [3.63, 3.8) is 0 Å². The summed E-state index contributed by atoms with van der Waals surface area (Å²) in [6.07, 6.45) is 9.05. The smallest absolute Gasteiger partial charge is 0.150 e. The lowest BCUT2D eigenvalue weighted by Gasteiger charge is -2.34. The molecule has 0 spiro atoms. The fourth-order valence-corrected chi connectivity index (χ4v) is 6.48. The first kappa shape index (κ1) is 17.8. The van der Waals surface area contributed by atoms with Gasteiger partial charge in [0.15, 0.2) is 0 Å². The van der Waals surface area contributed by atoms with Crippen LogP contribution in [-0.2, 0) is 17.6 Å². The van der Waals surface area contributed by atoms with Crippen LogP contribution < -0.4 is 9.80 Å². The first-order chi connectivity index (χ1) is 14.3. The van der Waals surface area contributed by atoms with Crippen LogP contribution in [0.25, 0.3) is 20.4 Å². The second-order valence-electron chi connectivity index (χ2n) is 8.54. The molecule has 1 aliphatic carbocycles. The predicted octanol–water partition coefficient (Wildman–Crippen LogP) is 3.94. The molecule has 0 N–H and O–H groups in total. The molecule has 0 unspecified atom stereocenters. The van der Waals surface area contributed by atoms with Gasteiger partial charge >= 0.3 is 0 Å². The maximum absolute atomic E-state index is 5.58. The Balaban J connectivity index is 1.56. The van der Waals surface area contributed by atoms with E-state index in [1.807, 2.05) is 0 Å². The molecule has 3 aromatic rings. The van der Waals surface area contributed by atoms with E-state index in [1.165, 1.54) is 52.7 Å². The van der Waals surface area contributed by atoms with Gasteiger partial charge in [-0.25, -0.2) is 15.0 Å². The minimum atomic E-state index is 0.537. The van der Waals surface area contributed by atoms with Crippen molar-refractivity contribution in [3.8, 4) is 0 Å². The van der Waals surface area contributed by atoms with Crippen LogP contribution in [0.5, 0.6) is 0 Å². The molecule has 2 aliphatic heterocycles. The molecule has 6 rings (SSSR count). The highest BCUT2D eigenvalue weighted by Crippen LogP contribution is 2.44. The third-order valence-electron chi connectivity index (χ3n) is 6.82. The monoisotopic (exact) mass is 409 g/mol. The Kier molecular flexibility index (Phi) is 4.34. The van der Waals surface area contributed by atoms with Crippen LogP contribution in [0.1, 0.15) is 43.7 Å². The summed E-state index contributed by atoms with van der Waals surface area (Å²) in [6, 6.07) is 0.537. The maximum atomic E-state index is 5.58. The zero-order valence-corrected chi connectivity index (χ0v) is 17.8. The topological polar surface area (TPSA) is 54.4 Å². The first-order valence-corrected chi connectivity index (χ1v) is 11.8. The van der Waals surface area contributed by atoms with E-state index in [4.69, 9.17) is 19.7 Å². The first-order valence-electron chi connectivity index (χ1n) is 11.0. The number of hydrogen-bond donors (Lipinski definition) is 0. The lowest BCUT2D eigenvalue weighted by Crippen LogP contribution is -2.38. The normalized spacial score (nSPS) is 22.6. The van der Waals surface area contributed by atoms with Gasteiger partial charge in [-0.05, 0) is 56.6 Å². The van der Waals surface area contributed by atoms with Crippen molar-refractivity contribution in [2.24, 2.45) is 0 Å². The van der Waals surface area contributed by atoms with E-state index in [1.54, 1.807) is 17.7 Å². The van der Waals surface area contributed by atoms with Crippen LogP contribution in [0, 0.1) is 0 Å². The number of morpholine rings is 1. The van der Waals surface area contributed by atoms with E-state index in [9.17, 15) is 0 Å². The van der Waals surface area contributed by atoms with Crippen LogP contribution in [0.2, 0.25) is 0 Å². The lowest BCUT2D eigenvalue weighted by atomic mass is 10.0. The van der Waals surface area contributed by atoms with Crippen LogP contribution >= 0.6 is 11.3 Å². The fraction of sp³-hybridized carbons (Fsp3) is 0.591. The van der Waals surface area contributed by atoms with Gasteiger partial charge in [-0.15, -0.1) is 11.3 Å². The summed E-state index contributed by atoms with van der Waals surface area (Å²) in [7, 11) is 0. The molecule has 1 atom stereocenters. The molecule has 0 aromatic carbocycles. The minimum Gasteiger partial charge on any atom is -0.378 e. The number of pyridine rings is 1. The average Bonchev–Trinajstić information content (AvgIpc) is 3.38. The SMILES string of the molecule is C[C@H]1CCCCN1c1ncnc2c1sc1nc(N3CCOCC3)c3c(c12)CCC3. The second-order valence-corrected chi connectivity index (χ2v) is 9.54. The highest BCUT2D eigenvalue weighted by atomic mass is 32.1. The predicted molar refractivity (Wildman–Crippen MR) is 118 cm³/mol. The summed E-state index contributed by atoms with van der Waals surface area (Å²) in [5.74, 6) is 2.31. The number of thiophene rings is 1. The molecule has 3 aliphatic rings. The number of fused-ring (bicyclic) bond motifs is 5. The van der Waals surface area contributed by atoms with Gasteiger partial charge in [0.05, 0.1) is 23.4 Å². The Hall–Kier alpha value is -1.99. The van der Waals surface area contributed by atoms with Crippen LogP contribution in [0.15, 0.2) is 6.33 Å². The van der Waals surface area contributed by atoms with Gasteiger partial charge in [0.25, 0.3) is 0 Å². The zero-order valence-electron chi connectivity index (χ0n) is 17.0. The van der Waals surface area contributed by atoms with Crippen molar-refractivity contribution in [1.29, 1.82) is 0 Å². The number of nitrogens with zero attached hydrogens (tertiary/aromatic N) is 5. The highest BCUT2D eigenvalue weighted by Gasteiger charge is 2.29. The molecule has 0 saturated carbocycles. The van der Waals surface area contributed by atoms with Gasteiger partial charge in [-0.1, -0.05) is 0 Å². The standard InChI is InChI=1S/C22H27N5OS/c1-14-5-2-3-8-27(14)21-19-18(23-13-24-21)17-15-6-4-7-16(15)20(25-22(17)29-19)26-9-11-28-12-10-26/h13-14H,2-12H2,1H3/t14-/m0/s1. The van der Waals surface area contributed by atoms with E-state index in [0.717, 1.165) is 61.9 Å². The van der Waals surface area contributed by atoms with Gasteiger partial charge in [0, 0.05) is 31.1 Å². The Labute approximate surface area is 174 Å². The summed E-state index contributed by atoms with van der Waals surface area (Å²) in [4.78, 5) is 20.8. The number of rotatable bonds is 2. The molecule has 0 radical (unpaired) electrons. The Bertz CT molecular complexity index is 1070. The number of aromatic nitrogens is 3. The Morgan fingerprint density at radius 3 is 2.72 bits per heavy atom. The van der Waals surface area contributed by atoms with Gasteiger partial charge in [-0.3, -0.25) is 0 Å². The Morgan fingerprint density at radius 2 is 1.86 bits per heavy atom. The quantitative estimate of drug-likeness (QED) is 0.639. The summed E-state index contributed by atoms with van der Waals surface area (Å²) >= 11 is 1.79. The number of hydrogen-bond acceptors (Lipinski definition) is 7. The van der Waals surface area contributed by atoms with Gasteiger partial charge in [0.2, 0.25) is 0 Å². The molecule has 2 fully saturated rings. The van der Waals surface area contributed by atoms with Crippen LogP contribution in [0.4, 0.5) is 11.6 Å². The van der Waals surface area contributed by atoms with E-state index >= 15 is 0 Å². The molecule has 7 heteroatoms. The average molecular weight is 410 g/mol. The zero-order chi connectivity index (χ0) is 19.4. The van der Waals surface area contributed by atoms with Crippen LogP contribution in [0.3, 0.4) is 0 Å². The van der Waals surface area contributed by atoms with E-state index in [2.05, 4.69) is 16.7 Å². The van der Waals surface area contributed by atoms with E-state index in [0.29, 0.717) is 6.04 Å². The van der Waals surface area contributed by atoms with E-state index in [-0.39, 0.29) is 0 Å². The summed E-state index contributed by atoms with van der Waals surface area (Å²) in [5.41, 5.74) is 4.05. The molecule has 3 aromatic heterocycles. The summed E-state index contributed by atoms with van der Waals surface area (Å²) < 4.78 is 6.80. The van der Waals surface area contributed by atoms with Crippen molar-refractivity contribution >= 4 is 43.4 Å². The third-order valence-corrected chi connectivity index (χ3v) is 7.89. The van der Waals surface area contributed by atoms with Crippen molar-refractivity contribution in [2.45, 2.75) is 51.5 Å². The van der Waals surface area contributed by atoms with E-state index < -0.39 is 0 Å². The Morgan fingerprint density at radius 1 is 1.00 bits per heavy atom. The van der Waals surface area contributed by atoms with Gasteiger partial charge < -0.3 is 14.5 Å². The number of piperidine rings is 1. The van der Waals surface area contributed by atoms with Crippen LogP contribution in [-0.4, -0.2) is 53.8 Å². The number of anilines is 2. The number of aryl methyl sites for hydroxylation is 1. The molecule has 6 nitrogen and oxygen atoms in total. The maximum Gasteiger partial charge on any atom is 0.150 e. The minimum absolute atomic E-state index is 0.537. The van der Waals surface area contributed by atoms with Crippen molar-refractivity contribution in [1.82, 2.24) is 15.0 Å². The molecule has 152 valence electrons. The van der Waals surface area contributed by atoms with Crippen molar-refractivity contribution in [2.75, 3.05) is 42.6 Å². The lowest BCUT2D eigenvalue weighted by molar-refractivity contribution is 0.122. The number of ether oxygens (including phenoxy) is 1. The summed E-state index contributed by atoms with van der Waals surface area (Å²) in [6.45, 7) is 6.88. The highest BCUT2D eigenvalue weighted by molar-refractivity contribution is 7.26. The van der Waals surface area contributed by atoms with Gasteiger partial charge in [-0.2, -0.15) is 0 Å².